The van der Waals surface area contributed by atoms with Gasteiger partial charge in [0.15, 0.2) is 0 Å². The molecular formula is C25H24FN5O. The Morgan fingerprint density at radius 1 is 1.19 bits per heavy atom. The quantitative estimate of drug-likeness (QED) is 0.598. The lowest BCUT2D eigenvalue weighted by atomic mass is 10.0. The second-order valence-electron chi connectivity index (χ2n) is 7.70. The van der Waals surface area contributed by atoms with E-state index >= 15 is 0 Å². The summed E-state index contributed by atoms with van der Waals surface area (Å²) >= 11 is 0. The van der Waals surface area contributed by atoms with Crippen LogP contribution in [0.4, 0.5) is 4.39 Å². The standard InChI is InChI=1S/C25H24FN5O/c1-16-11-18(14-28-24(16)19-9-10-27-17(2)12-19)15-29-25(32)23-13-22(30-31-23)20-7-5-3-4-6-8-21(20)26/h3-4,6,8-14H,5,7,15H2,1-2H3,(H,29,32)(H,30,31)/b4-3-,8-6-,21-20-. The zero-order chi connectivity index (χ0) is 22.5. The molecule has 6 nitrogen and oxygen atoms in total. The molecular weight excluding hydrogens is 405 g/mol. The molecule has 0 fully saturated rings. The van der Waals surface area contributed by atoms with E-state index in [2.05, 4.69) is 25.5 Å². The first kappa shape index (κ1) is 21.4. The van der Waals surface area contributed by atoms with Crippen molar-refractivity contribution in [2.24, 2.45) is 0 Å². The van der Waals surface area contributed by atoms with Crippen LogP contribution in [0.5, 0.6) is 0 Å². The number of amides is 1. The van der Waals surface area contributed by atoms with E-state index in [0.717, 1.165) is 28.1 Å². The van der Waals surface area contributed by atoms with E-state index in [9.17, 15) is 9.18 Å². The van der Waals surface area contributed by atoms with Crippen LogP contribution >= 0.6 is 0 Å². The fraction of sp³-hybridized carbons (Fsp3) is 0.200. The number of carbonyl (C=O) groups excluding carboxylic acids is 1. The van der Waals surface area contributed by atoms with Gasteiger partial charge in [0.25, 0.3) is 5.91 Å². The normalized spacial score (nSPS) is 18.0. The maximum Gasteiger partial charge on any atom is 0.269 e. The Morgan fingerprint density at radius 2 is 2.06 bits per heavy atom. The number of hydrogen-bond acceptors (Lipinski definition) is 4. The number of halogens is 1. The minimum absolute atomic E-state index is 0.287. The third-order valence-electron chi connectivity index (χ3n) is 5.23. The van der Waals surface area contributed by atoms with Crippen LogP contribution in [-0.4, -0.2) is 26.1 Å². The van der Waals surface area contributed by atoms with Gasteiger partial charge in [0, 0.05) is 35.8 Å². The van der Waals surface area contributed by atoms with E-state index in [-0.39, 0.29) is 17.4 Å². The Labute approximate surface area is 186 Å². The molecule has 32 heavy (non-hydrogen) atoms. The molecule has 1 aliphatic carbocycles. The highest BCUT2D eigenvalue weighted by molar-refractivity contribution is 5.93. The number of H-pyrrole nitrogens is 1. The number of hydrogen-bond donors (Lipinski definition) is 2. The highest BCUT2D eigenvalue weighted by Crippen LogP contribution is 2.26. The van der Waals surface area contributed by atoms with Crippen molar-refractivity contribution < 1.29 is 9.18 Å². The third kappa shape index (κ3) is 4.88. The molecule has 2 N–H and O–H groups in total. The maximum atomic E-state index is 14.4. The van der Waals surface area contributed by atoms with Crippen molar-refractivity contribution >= 4 is 11.5 Å². The smallest absolute Gasteiger partial charge is 0.269 e. The molecule has 0 saturated heterocycles. The van der Waals surface area contributed by atoms with Crippen LogP contribution < -0.4 is 5.32 Å². The van der Waals surface area contributed by atoms with Crippen molar-refractivity contribution in [1.29, 1.82) is 0 Å². The summed E-state index contributed by atoms with van der Waals surface area (Å²) in [6, 6.07) is 7.51. The SMILES string of the molecule is Cc1cc(-c2ncc(CNC(=O)c3cc(/C4=C(F)/C=C\C=C/CC4)n[nH]3)cc2C)ccn1. The van der Waals surface area contributed by atoms with Crippen molar-refractivity contribution in [1.82, 2.24) is 25.5 Å². The molecule has 1 aliphatic rings. The predicted octanol–water partition coefficient (Wildman–Crippen LogP) is 5.00. The largest absolute Gasteiger partial charge is 0.347 e. The van der Waals surface area contributed by atoms with Gasteiger partial charge in [-0.05, 0) is 62.1 Å². The second kappa shape index (κ2) is 9.51. The Bertz CT molecular complexity index is 1240. The van der Waals surface area contributed by atoms with Crippen LogP contribution in [0.25, 0.3) is 16.8 Å². The summed E-state index contributed by atoms with van der Waals surface area (Å²) in [6.07, 6.45) is 11.6. The van der Waals surface area contributed by atoms with Gasteiger partial charge in [-0.25, -0.2) is 4.39 Å². The molecule has 162 valence electrons. The maximum absolute atomic E-state index is 14.4. The molecule has 3 aromatic heterocycles. The molecule has 0 radical (unpaired) electrons. The van der Waals surface area contributed by atoms with Crippen LogP contribution in [0.15, 0.2) is 66.8 Å². The van der Waals surface area contributed by atoms with E-state index in [1.165, 1.54) is 6.08 Å². The highest BCUT2D eigenvalue weighted by atomic mass is 19.1. The molecule has 3 aromatic rings. The van der Waals surface area contributed by atoms with Crippen LogP contribution in [-0.2, 0) is 6.54 Å². The number of aryl methyl sites for hydroxylation is 2. The average molecular weight is 429 g/mol. The highest BCUT2D eigenvalue weighted by Gasteiger charge is 2.15. The Kier molecular flexibility index (Phi) is 6.35. The summed E-state index contributed by atoms with van der Waals surface area (Å²) in [4.78, 5) is 21.4. The molecule has 0 saturated carbocycles. The van der Waals surface area contributed by atoms with Crippen molar-refractivity contribution in [2.45, 2.75) is 33.2 Å². The lowest BCUT2D eigenvalue weighted by Gasteiger charge is -2.09. The summed E-state index contributed by atoms with van der Waals surface area (Å²) in [5.74, 6) is -0.642. The van der Waals surface area contributed by atoms with Gasteiger partial charge in [-0.1, -0.05) is 24.3 Å². The molecule has 7 heteroatoms. The number of pyridine rings is 2. The number of aromatic amines is 1. The minimum Gasteiger partial charge on any atom is -0.347 e. The van der Waals surface area contributed by atoms with Crippen LogP contribution in [0.1, 0.15) is 45.8 Å². The van der Waals surface area contributed by atoms with Gasteiger partial charge in [0.05, 0.1) is 11.4 Å². The van der Waals surface area contributed by atoms with Gasteiger partial charge in [0.2, 0.25) is 0 Å². The fourth-order valence-electron chi connectivity index (χ4n) is 3.61. The fourth-order valence-corrected chi connectivity index (χ4v) is 3.61. The number of nitrogens with zero attached hydrogens (tertiary/aromatic N) is 3. The Hall–Kier alpha value is -3.87. The third-order valence-corrected chi connectivity index (χ3v) is 5.23. The van der Waals surface area contributed by atoms with Gasteiger partial charge < -0.3 is 5.32 Å². The molecule has 0 aromatic carbocycles. The number of allylic oxidation sites excluding steroid dienone is 6. The van der Waals surface area contributed by atoms with Crippen molar-refractivity contribution in [3.63, 3.8) is 0 Å². The summed E-state index contributed by atoms with van der Waals surface area (Å²) in [7, 11) is 0. The van der Waals surface area contributed by atoms with Crippen LogP contribution in [0, 0.1) is 13.8 Å². The van der Waals surface area contributed by atoms with E-state index in [0.29, 0.717) is 30.7 Å². The lowest BCUT2D eigenvalue weighted by molar-refractivity contribution is 0.0946. The molecule has 0 atom stereocenters. The van der Waals surface area contributed by atoms with Gasteiger partial charge in [-0.15, -0.1) is 0 Å². The molecule has 4 rings (SSSR count). The molecule has 0 unspecified atom stereocenters. The van der Waals surface area contributed by atoms with E-state index in [1.807, 2.05) is 44.2 Å². The molecule has 3 heterocycles. The van der Waals surface area contributed by atoms with Crippen LogP contribution in [0.3, 0.4) is 0 Å². The second-order valence-corrected chi connectivity index (χ2v) is 7.70. The average Bonchev–Trinajstić information content (AvgIpc) is 3.25. The number of nitrogens with one attached hydrogen (secondary N) is 2. The molecule has 0 aliphatic heterocycles. The Morgan fingerprint density at radius 3 is 2.88 bits per heavy atom. The van der Waals surface area contributed by atoms with Crippen molar-refractivity contribution in [2.75, 3.05) is 0 Å². The first-order valence-corrected chi connectivity index (χ1v) is 10.5. The Balaban J connectivity index is 1.43. The number of rotatable bonds is 5. The van der Waals surface area contributed by atoms with Crippen molar-refractivity contribution in [3.05, 3.63) is 95.0 Å². The van der Waals surface area contributed by atoms with E-state index in [1.54, 1.807) is 24.5 Å². The van der Waals surface area contributed by atoms with Crippen LogP contribution in [0.2, 0.25) is 0 Å². The predicted molar refractivity (Wildman–Crippen MR) is 122 cm³/mol. The first-order valence-electron chi connectivity index (χ1n) is 10.5. The van der Waals surface area contributed by atoms with Gasteiger partial charge in [-0.2, -0.15) is 5.10 Å². The number of carbonyl (C=O) groups is 1. The summed E-state index contributed by atoms with van der Waals surface area (Å²) < 4.78 is 14.4. The molecule has 1 amide bonds. The molecule has 0 spiro atoms. The summed E-state index contributed by atoms with van der Waals surface area (Å²) in [6.45, 7) is 4.26. The van der Waals surface area contributed by atoms with Crippen molar-refractivity contribution in [3.8, 4) is 11.3 Å². The molecule has 0 bridgehead atoms. The number of aromatic nitrogens is 4. The minimum atomic E-state index is -0.334. The van der Waals surface area contributed by atoms with Gasteiger partial charge in [0.1, 0.15) is 11.5 Å². The van der Waals surface area contributed by atoms with E-state index in [4.69, 9.17) is 0 Å². The lowest BCUT2D eigenvalue weighted by Crippen LogP contribution is -2.23. The monoisotopic (exact) mass is 429 g/mol. The zero-order valence-corrected chi connectivity index (χ0v) is 18.0. The zero-order valence-electron chi connectivity index (χ0n) is 18.0. The summed E-state index contributed by atoms with van der Waals surface area (Å²) in [5.41, 5.74) is 5.95. The first-order chi connectivity index (χ1) is 15.5. The van der Waals surface area contributed by atoms with Gasteiger partial charge >= 0.3 is 0 Å². The van der Waals surface area contributed by atoms with Gasteiger partial charge in [-0.3, -0.25) is 19.9 Å². The summed E-state index contributed by atoms with van der Waals surface area (Å²) in [5, 5.41) is 9.73. The van der Waals surface area contributed by atoms with E-state index < -0.39 is 0 Å². The topological polar surface area (TPSA) is 83.6 Å².